The highest BCUT2D eigenvalue weighted by molar-refractivity contribution is 5.77. The van der Waals surface area contributed by atoms with E-state index in [9.17, 15) is 9.90 Å². The molecule has 1 fully saturated rings. The first-order valence-corrected chi connectivity index (χ1v) is 7.26. The maximum Gasteiger partial charge on any atom is 0.257 e. The topological polar surface area (TPSA) is 58.6 Å². The second-order valence-corrected chi connectivity index (χ2v) is 5.49. The second-order valence-electron chi connectivity index (χ2n) is 5.49. The first-order chi connectivity index (χ1) is 9.70. The number of benzene rings is 1. The van der Waals surface area contributed by atoms with E-state index < -0.39 is 0 Å². The molecule has 1 aliphatic carbocycles. The average Bonchev–Trinajstić information content (AvgIpc) is 2.91. The van der Waals surface area contributed by atoms with Crippen molar-refractivity contribution in [3.8, 4) is 5.75 Å². The van der Waals surface area contributed by atoms with Gasteiger partial charge in [-0.1, -0.05) is 24.6 Å². The van der Waals surface area contributed by atoms with Gasteiger partial charge >= 0.3 is 0 Å². The van der Waals surface area contributed by atoms with Crippen LogP contribution >= 0.6 is 0 Å². The van der Waals surface area contributed by atoms with Gasteiger partial charge in [-0.15, -0.1) is 0 Å². The Labute approximate surface area is 120 Å². The lowest BCUT2D eigenvalue weighted by molar-refractivity contribution is -0.123. The molecule has 110 valence electrons. The van der Waals surface area contributed by atoms with E-state index in [1.165, 1.54) is 0 Å². The van der Waals surface area contributed by atoms with Crippen molar-refractivity contribution in [2.75, 3.05) is 19.8 Å². The SMILES string of the molecule is Cc1ccccc1OCC(=O)NCC1CCCC1CO. The van der Waals surface area contributed by atoms with Gasteiger partial charge in [-0.05, 0) is 43.2 Å². The summed E-state index contributed by atoms with van der Waals surface area (Å²) in [6.45, 7) is 2.86. The summed E-state index contributed by atoms with van der Waals surface area (Å²) in [7, 11) is 0. The Kier molecular flexibility index (Phi) is 5.41. The van der Waals surface area contributed by atoms with Gasteiger partial charge in [-0.25, -0.2) is 0 Å². The van der Waals surface area contributed by atoms with E-state index in [1.54, 1.807) is 0 Å². The van der Waals surface area contributed by atoms with Crippen LogP contribution in [0.15, 0.2) is 24.3 Å². The van der Waals surface area contributed by atoms with E-state index in [0.29, 0.717) is 18.4 Å². The summed E-state index contributed by atoms with van der Waals surface area (Å²) < 4.78 is 5.51. The van der Waals surface area contributed by atoms with Gasteiger partial charge in [-0.3, -0.25) is 4.79 Å². The van der Waals surface area contributed by atoms with Crippen molar-refractivity contribution in [2.24, 2.45) is 11.8 Å². The minimum Gasteiger partial charge on any atom is -0.484 e. The lowest BCUT2D eigenvalue weighted by Crippen LogP contribution is -2.34. The van der Waals surface area contributed by atoms with Gasteiger partial charge in [0.15, 0.2) is 6.61 Å². The molecule has 1 saturated carbocycles. The number of carbonyl (C=O) groups is 1. The van der Waals surface area contributed by atoms with Crippen LogP contribution < -0.4 is 10.1 Å². The van der Waals surface area contributed by atoms with Gasteiger partial charge in [0.1, 0.15) is 5.75 Å². The third-order valence-electron chi connectivity index (χ3n) is 4.06. The molecule has 2 unspecified atom stereocenters. The molecule has 0 saturated heterocycles. The van der Waals surface area contributed by atoms with E-state index in [-0.39, 0.29) is 19.1 Å². The smallest absolute Gasteiger partial charge is 0.257 e. The number of carbonyl (C=O) groups excluding carboxylic acids is 1. The molecule has 1 aliphatic rings. The molecule has 0 aromatic heterocycles. The van der Waals surface area contributed by atoms with E-state index in [0.717, 1.165) is 30.6 Å². The number of ether oxygens (including phenoxy) is 1. The van der Waals surface area contributed by atoms with Gasteiger partial charge < -0.3 is 15.2 Å². The average molecular weight is 277 g/mol. The van der Waals surface area contributed by atoms with Crippen LogP contribution in [0.25, 0.3) is 0 Å². The predicted octanol–water partition coefficient (Wildman–Crippen LogP) is 1.90. The molecule has 2 rings (SSSR count). The van der Waals surface area contributed by atoms with Gasteiger partial charge in [-0.2, -0.15) is 0 Å². The quantitative estimate of drug-likeness (QED) is 0.835. The minimum absolute atomic E-state index is 0.0430. The lowest BCUT2D eigenvalue weighted by atomic mass is 9.97. The van der Waals surface area contributed by atoms with E-state index >= 15 is 0 Å². The molecule has 4 heteroatoms. The third kappa shape index (κ3) is 3.97. The highest BCUT2D eigenvalue weighted by Gasteiger charge is 2.26. The number of aliphatic hydroxyl groups is 1. The summed E-state index contributed by atoms with van der Waals surface area (Å²) in [5.41, 5.74) is 1.02. The molecule has 20 heavy (non-hydrogen) atoms. The van der Waals surface area contributed by atoms with Crippen LogP contribution in [0.2, 0.25) is 0 Å². The molecular weight excluding hydrogens is 254 g/mol. The van der Waals surface area contributed by atoms with Crippen LogP contribution in [0.4, 0.5) is 0 Å². The fraction of sp³-hybridized carbons (Fsp3) is 0.562. The largest absolute Gasteiger partial charge is 0.484 e. The number of hydrogen-bond acceptors (Lipinski definition) is 3. The summed E-state index contributed by atoms with van der Waals surface area (Å²) in [5, 5.41) is 12.2. The van der Waals surface area contributed by atoms with Crippen LogP contribution in [-0.2, 0) is 4.79 Å². The molecule has 0 heterocycles. The molecule has 1 aromatic rings. The van der Waals surface area contributed by atoms with Crippen molar-refractivity contribution in [3.63, 3.8) is 0 Å². The van der Waals surface area contributed by atoms with Crippen LogP contribution in [0, 0.1) is 18.8 Å². The number of aliphatic hydroxyl groups excluding tert-OH is 1. The molecule has 4 nitrogen and oxygen atoms in total. The molecule has 0 spiro atoms. The normalized spacial score (nSPS) is 21.7. The molecule has 1 aromatic carbocycles. The molecule has 0 bridgehead atoms. The van der Waals surface area contributed by atoms with E-state index in [1.807, 2.05) is 31.2 Å². The van der Waals surface area contributed by atoms with Crippen LogP contribution in [0.5, 0.6) is 5.75 Å². The Hall–Kier alpha value is -1.55. The van der Waals surface area contributed by atoms with E-state index in [2.05, 4.69) is 5.32 Å². The minimum atomic E-state index is -0.100. The second kappa shape index (κ2) is 7.29. The van der Waals surface area contributed by atoms with Crippen molar-refractivity contribution in [1.29, 1.82) is 0 Å². The highest BCUT2D eigenvalue weighted by atomic mass is 16.5. The van der Waals surface area contributed by atoms with Crippen molar-refractivity contribution in [1.82, 2.24) is 5.32 Å². The van der Waals surface area contributed by atoms with Crippen LogP contribution in [0.3, 0.4) is 0 Å². The van der Waals surface area contributed by atoms with Crippen LogP contribution in [-0.4, -0.2) is 30.8 Å². The van der Waals surface area contributed by atoms with Gasteiger partial charge in [0, 0.05) is 13.2 Å². The Balaban J connectivity index is 1.72. The van der Waals surface area contributed by atoms with Gasteiger partial charge in [0.05, 0.1) is 0 Å². The number of rotatable bonds is 6. The summed E-state index contributed by atoms with van der Waals surface area (Å²) >= 11 is 0. The summed E-state index contributed by atoms with van der Waals surface area (Å²) in [6.07, 6.45) is 3.30. The van der Waals surface area contributed by atoms with Gasteiger partial charge in [0.25, 0.3) is 5.91 Å². The molecule has 2 N–H and O–H groups in total. The van der Waals surface area contributed by atoms with Crippen molar-refractivity contribution >= 4 is 5.91 Å². The molecule has 0 aliphatic heterocycles. The van der Waals surface area contributed by atoms with Gasteiger partial charge in [0.2, 0.25) is 0 Å². The summed E-state index contributed by atoms with van der Waals surface area (Å²) in [6, 6.07) is 7.65. The number of nitrogens with one attached hydrogen (secondary N) is 1. The first-order valence-electron chi connectivity index (χ1n) is 7.26. The third-order valence-corrected chi connectivity index (χ3v) is 4.06. The standard InChI is InChI=1S/C16H23NO3/c1-12-5-2-3-8-15(12)20-11-16(19)17-9-13-6-4-7-14(13)10-18/h2-3,5,8,13-14,18H,4,6-7,9-11H2,1H3,(H,17,19). The first kappa shape index (κ1) is 14.9. The number of amides is 1. The number of hydrogen-bond donors (Lipinski definition) is 2. The zero-order chi connectivity index (χ0) is 14.4. The maximum atomic E-state index is 11.8. The summed E-state index contributed by atoms with van der Waals surface area (Å²) in [4.78, 5) is 11.8. The Morgan fingerprint density at radius 3 is 2.85 bits per heavy atom. The highest BCUT2D eigenvalue weighted by Crippen LogP contribution is 2.30. The zero-order valence-electron chi connectivity index (χ0n) is 12.0. The Morgan fingerprint density at radius 2 is 2.10 bits per heavy atom. The molecule has 1 amide bonds. The predicted molar refractivity (Wildman–Crippen MR) is 77.6 cm³/mol. The van der Waals surface area contributed by atoms with Crippen molar-refractivity contribution in [3.05, 3.63) is 29.8 Å². The molecule has 0 radical (unpaired) electrons. The fourth-order valence-electron chi connectivity index (χ4n) is 2.78. The monoisotopic (exact) mass is 277 g/mol. The van der Waals surface area contributed by atoms with Crippen molar-refractivity contribution < 1.29 is 14.6 Å². The zero-order valence-corrected chi connectivity index (χ0v) is 12.0. The maximum absolute atomic E-state index is 11.8. The molecular formula is C16H23NO3. The number of para-hydroxylation sites is 1. The Bertz CT molecular complexity index is 447. The Morgan fingerprint density at radius 1 is 1.35 bits per heavy atom. The molecule has 2 atom stereocenters. The lowest BCUT2D eigenvalue weighted by Gasteiger charge is -2.18. The van der Waals surface area contributed by atoms with Crippen molar-refractivity contribution in [2.45, 2.75) is 26.2 Å². The van der Waals surface area contributed by atoms with Crippen LogP contribution in [0.1, 0.15) is 24.8 Å². The van der Waals surface area contributed by atoms with E-state index in [4.69, 9.17) is 4.74 Å². The summed E-state index contributed by atoms with van der Waals surface area (Å²) in [5.74, 6) is 1.39. The fourth-order valence-corrected chi connectivity index (χ4v) is 2.78. The number of aryl methyl sites for hydroxylation is 1.